The normalized spacial score (nSPS) is 18.3. The molecule has 2 saturated carbocycles. The quantitative estimate of drug-likeness (QED) is 0.728. The first kappa shape index (κ1) is 16.8. The van der Waals surface area contributed by atoms with Crippen molar-refractivity contribution in [2.45, 2.75) is 56.9 Å². The first-order chi connectivity index (χ1) is 12.1. The molecule has 1 amide bonds. The Morgan fingerprint density at radius 3 is 2.44 bits per heavy atom. The summed E-state index contributed by atoms with van der Waals surface area (Å²) in [5, 5.41) is 4.58. The summed E-state index contributed by atoms with van der Waals surface area (Å²) in [5.74, 6) is 0.599. The van der Waals surface area contributed by atoms with Crippen LogP contribution in [0.4, 0.5) is 0 Å². The Hall–Kier alpha value is -1.62. The van der Waals surface area contributed by atoms with Crippen LogP contribution >= 0.6 is 15.9 Å². The molecular weight excluding hydrogens is 378 g/mol. The average Bonchev–Trinajstić information content (AvgIpc) is 3.40. The molecule has 0 N–H and O–H groups in total. The van der Waals surface area contributed by atoms with E-state index in [2.05, 4.69) is 21.0 Å². The van der Waals surface area contributed by atoms with E-state index in [1.54, 1.807) is 6.20 Å². The Balaban J connectivity index is 1.65. The lowest BCUT2D eigenvalue weighted by molar-refractivity contribution is 0.0695. The molecule has 132 valence electrons. The number of hydrogen-bond donors (Lipinski definition) is 0. The minimum absolute atomic E-state index is 0.136. The zero-order valence-corrected chi connectivity index (χ0v) is 16.2. The fraction of sp³-hybridized carbons (Fsp3) is 0.500. The number of amides is 1. The lowest BCUT2D eigenvalue weighted by Crippen LogP contribution is -2.38. The van der Waals surface area contributed by atoms with Gasteiger partial charge in [0.15, 0.2) is 0 Å². The summed E-state index contributed by atoms with van der Waals surface area (Å²) in [4.78, 5) is 15.1. The Kier molecular flexibility index (Phi) is 4.67. The lowest BCUT2D eigenvalue weighted by Gasteiger charge is -2.31. The van der Waals surface area contributed by atoms with Gasteiger partial charge in [-0.25, -0.2) is 4.68 Å². The Bertz CT molecular complexity index is 758. The van der Waals surface area contributed by atoms with Crippen LogP contribution in [0.25, 0.3) is 5.69 Å². The molecule has 0 saturated heterocycles. The van der Waals surface area contributed by atoms with Crippen molar-refractivity contribution in [1.29, 1.82) is 0 Å². The summed E-state index contributed by atoms with van der Waals surface area (Å²) in [5.41, 5.74) is 2.90. The first-order valence-electron chi connectivity index (χ1n) is 9.26. The third-order valence-electron chi connectivity index (χ3n) is 5.51. The molecule has 25 heavy (non-hydrogen) atoms. The van der Waals surface area contributed by atoms with E-state index in [4.69, 9.17) is 0 Å². The molecule has 0 spiro atoms. The van der Waals surface area contributed by atoms with Crippen LogP contribution in [0.3, 0.4) is 0 Å². The fourth-order valence-electron chi connectivity index (χ4n) is 3.88. The number of aromatic nitrogens is 2. The third kappa shape index (κ3) is 3.39. The minimum Gasteiger partial charge on any atom is -0.339 e. The first-order valence-corrected chi connectivity index (χ1v) is 10.1. The number of carbonyl (C=O) groups excluding carboxylic acids is 1. The highest BCUT2D eigenvalue weighted by Crippen LogP contribution is 2.43. The Morgan fingerprint density at radius 2 is 1.80 bits per heavy atom. The van der Waals surface area contributed by atoms with Gasteiger partial charge in [0.1, 0.15) is 0 Å². The third-order valence-corrected chi connectivity index (χ3v) is 6.04. The maximum absolute atomic E-state index is 13.2. The minimum atomic E-state index is 0.136. The van der Waals surface area contributed by atoms with Crippen LogP contribution in [0.5, 0.6) is 0 Å². The molecule has 0 aliphatic heterocycles. The largest absolute Gasteiger partial charge is 0.339 e. The van der Waals surface area contributed by atoms with Crippen molar-refractivity contribution in [2.24, 2.45) is 0 Å². The Morgan fingerprint density at radius 1 is 1.12 bits per heavy atom. The van der Waals surface area contributed by atoms with Gasteiger partial charge in [-0.15, -0.1) is 0 Å². The van der Waals surface area contributed by atoms with Gasteiger partial charge in [0.05, 0.1) is 23.1 Å². The summed E-state index contributed by atoms with van der Waals surface area (Å²) in [6, 6.07) is 8.50. The van der Waals surface area contributed by atoms with E-state index in [9.17, 15) is 4.79 Å². The summed E-state index contributed by atoms with van der Waals surface area (Å²) in [6.45, 7) is 0. The molecule has 2 aliphatic rings. The molecule has 0 radical (unpaired) electrons. The van der Waals surface area contributed by atoms with Crippen molar-refractivity contribution >= 4 is 21.8 Å². The predicted octanol–water partition coefficient (Wildman–Crippen LogP) is 4.92. The molecule has 1 aromatic heterocycles. The van der Waals surface area contributed by atoms with Gasteiger partial charge in [-0.3, -0.25) is 4.79 Å². The molecule has 4 nitrogen and oxygen atoms in total. The standard InChI is InChI=1S/C20H24BrN3O/c1-23(16-5-3-2-4-6-16)20(25)18-13-22-24(19(18)14-7-8-14)17-11-9-15(21)10-12-17/h9-14,16H,2-8H2,1H3. The van der Waals surface area contributed by atoms with Crippen LogP contribution in [0.2, 0.25) is 0 Å². The van der Waals surface area contributed by atoms with E-state index >= 15 is 0 Å². The average molecular weight is 402 g/mol. The predicted molar refractivity (Wildman–Crippen MR) is 102 cm³/mol. The molecule has 5 heteroatoms. The van der Waals surface area contributed by atoms with Crippen molar-refractivity contribution in [3.05, 3.63) is 46.2 Å². The highest BCUT2D eigenvalue weighted by Gasteiger charge is 2.35. The smallest absolute Gasteiger partial charge is 0.257 e. The molecule has 0 unspecified atom stereocenters. The summed E-state index contributed by atoms with van der Waals surface area (Å²) in [6.07, 6.45) is 10.1. The molecule has 0 bridgehead atoms. The van der Waals surface area contributed by atoms with E-state index in [1.807, 2.05) is 40.9 Å². The summed E-state index contributed by atoms with van der Waals surface area (Å²) < 4.78 is 3.01. The van der Waals surface area contributed by atoms with Crippen molar-refractivity contribution in [3.8, 4) is 5.69 Å². The molecule has 2 fully saturated rings. The van der Waals surface area contributed by atoms with Crippen molar-refractivity contribution in [2.75, 3.05) is 7.05 Å². The zero-order valence-electron chi connectivity index (χ0n) is 14.6. The zero-order chi connectivity index (χ0) is 17.4. The van der Waals surface area contributed by atoms with Crippen molar-refractivity contribution in [3.63, 3.8) is 0 Å². The topological polar surface area (TPSA) is 38.1 Å². The van der Waals surface area contributed by atoms with Gasteiger partial charge >= 0.3 is 0 Å². The highest BCUT2D eigenvalue weighted by molar-refractivity contribution is 9.10. The number of halogens is 1. The molecule has 2 aromatic rings. The van der Waals surface area contributed by atoms with Gasteiger partial charge in [0, 0.05) is 23.5 Å². The maximum Gasteiger partial charge on any atom is 0.257 e. The highest BCUT2D eigenvalue weighted by atomic mass is 79.9. The van der Waals surface area contributed by atoms with Gasteiger partial charge < -0.3 is 4.90 Å². The van der Waals surface area contributed by atoms with Gasteiger partial charge in [-0.05, 0) is 49.9 Å². The van der Waals surface area contributed by atoms with E-state index in [0.29, 0.717) is 12.0 Å². The van der Waals surface area contributed by atoms with Crippen LogP contribution in [-0.4, -0.2) is 33.7 Å². The molecule has 2 aliphatic carbocycles. The van der Waals surface area contributed by atoms with Crippen LogP contribution in [0.1, 0.15) is 66.9 Å². The van der Waals surface area contributed by atoms with E-state index in [-0.39, 0.29) is 5.91 Å². The number of carbonyl (C=O) groups is 1. The van der Waals surface area contributed by atoms with Gasteiger partial charge in [0.25, 0.3) is 5.91 Å². The second kappa shape index (κ2) is 6.94. The van der Waals surface area contributed by atoms with Crippen LogP contribution in [-0.2, 0) is 0 Å². The summed E-state index contributed by atoms with van der Waals surface area (Å²) >= 11 is 3.48. The van der Waals surface area contributed by atoms with Crippen LogP contribution < -0.4 is 0 Å². The van der Waals surface area contributed by atoms with Crippen LogP contribution in [0.15, 0.2) is 34.9 Å². The molecule has 1 aromatic carbocycles. The maximum atomic E-state index is 13.2. The molecule has 1 heterocycles. The number of hydrogen-bond acceptors (Lipinski definition) is 2. The van der Waals surface area contributed by atoms with Gasteiger partial charge in [-0.1, -0.05) is 35.2 Å². The second-order valence-electron chi connectivity index (χ2n) is 7.31. The number of benzene rings is 1. The summed E-state index contributed by atoms with van der Waals surface area (Å²) in [7, 11) is 1.96. The van der Waals surface area contributed by atoms with Gasteiger partial charge in [0.2, 0.25) is 0 Å². The second-order valence-corrected chi connectivity index (χ2v) is 8.23. The van der Waals surface area contributed by atoms with Crippen molar-refractivity contribution in [1.82, 2.24) is 14.7 Å². The monoisotopic (exact) mass is 401 g/mol. The van der Waals surface area contributed by atoms with E-state index < -0.39 is 0 Å². The van der Waals surface area contributed by atoms with E-state index in [1.165, 1.54) is 19.3 Å². The fourth-order valence-corrected chi connectivity index (χ4v) is 4.15. The Labute approximate surface area is 157 Å². The van der Waals surface area contributed by atoms with Gasteiger partial charge in [-0.2, -0.15) is 5.10 Å². The molecular formula is C20H24BrN3O. The molecule has 4 rings (SSSR count). The lowest BCUT2D eigenvalue weighted by atomic mass is 9.94. The van der Waals surface area contributed by atoms with Crippen LogP contribution in [0, 0.1) is 0 Å². The molecule has 0 atom stereocenters. The SMILES string of the molecule is CN(C(=O)c1cnn(-c2ccc(Br)cc2)c1C1CC1)C1CCCCC1. The van der Waals surface area contributed by atoms with E-state index in [0.717, 1.165) is 47.1 Å². The number of rotatable bonds is 4. The number of nitrogens with zero attached hydrogens (tertiary/aromatic N) is 3. The van der Waals surface area contributed by atoms with Crippen molar-refractivity contribution < 1.29 is 4.79 Å².